The van der Waals surface area contributed by atoms with Gasteiger partial charge >= 0.3 is 5.97 Å². The summed E-state index contributed by atoms with van der Waals surface area (Å²) in [6.07, 6.45) is -1.02. The third-order valence-corrected chi connectivity index (χ3v) is 4.86. The van der Waals surface area contributed by atoms with Crippen LogP contribution in [0.2, 0.25) is 0 Å². The van der Waals surface area contributed by atoms with E-state index < -0.39 is 18.0 Å². The molecule has 27 heavy (non-hydrogen) atoms. The molecular formula is C19H15N3O4S. The molecule has 2 aromatic rings. The van der Waals surface area contributed by atoms with Gasteiger partial charge in [-0.05, 0) is 49.4 Å². The number of rotatable bonds is 4. The second kappa shape index (κ2) is 7.93. The van der Waals surface area contributed by atoms with Gasteiger partial charge in [0.1, 0.15) is 0 Å². The first-order chi connectivity index (χ1) is 13.0. The van der Waals surface area contributed by atoms with Gasteiger partial charge in [0.2, 0.25) is 5.91 Å². The Labute approximate surface area is 159 Å². The number of hydrogen-bond acceptors (Lipinski definition) is 6. The number of benzene rings is 2. The number of hydrogen-bond donors (Lipinski definition) is 2. The van der Waals surface area contributed by atoms with Crippen LogP contribution in [0.25, 0.3) is 0 Å². The van der Waals surface area contributed by atoms with Gasteiger partial charge in [-0.2, -0.15) is 5.26 Å². The average Bonchev–Trinajstić information content (AvgIpc) is 2.67. The Hall–Kier alpha value is -3.31. The number of ether oxygens (including phenoxy) is 1. The van der Waals surface area contributed by atoms with Crippen molar-refractivity contribution in [3.63, 3.8) is 0 Å². The largest absolute Gasteiger partial charge is 0.449 e. The second-order valence-corrected chi connectivity index (χ2v) is 6.79. The summed E-state index contributed by atoms with van der Waals surface area (Å²) in [7, 11) is 0. The molecule has 0 saturated heterocycles. The van der Waals surface area contributed by atoms with Gasteiger partial charge in [-0.15, -0.1) is 11.8 Å². The molecule has 8 heteroatoms. The van der Waals surface area contributed by atoms with Crippen LogP contribution in [-0.4, -0.2) is 29.6 Å². The van der Waals surface area contributed by atoms with E-state index in [1.165, 1.54) is 24.8 Å². The molecule has 1 heterocycles. The molecule has 1 atom stereocenters. The van der Waals surface area contributed by atoms with Crippen molar-refractivity contribution in [1.82, 2.24) is 0 Å². The van der Waals surface area contributed by atoms with E-state index in [0.29, 0.717) is 22.7 Å². The van der Waals surface area contributed by atoms with Gasteiger partial charge in [0.15, 0.2) is 6.10 Å². The van der Waals surface area contributed by atoms with Crippen LogP contribution in [0.15, 0.2) is 47.4 Å². The molecule has 2 aromatic carbocycles. The summed E-state index contributed by atoms with van der Waals surface area (Å²) in [6, 6.07) is 13.2. The molecule has 7 nitrogen and oxygen atoms in total. The Morgan fingerprint density at radius 1 is 1.26 bits per heavy atom. The van der Waals surface area contributed by atoms with Crippen LogP contribution in [0.4, 0.5) is 11.4 Å². The summed E-state index contributed by atoms with van der Waals surface area (Å²) in [5.41, 5.74) is 1.77. The van der Waals surface area contributed by atoms with E-state index >= 15 is 0 Å². The maximum Gasteiger partial charge on any atom is 0.338 e. The molecular weight excluding hydrogens is 366 g/mol. The molecule has 0 radical (unpaired) electrons. The van der Waals surface area contributed by atoms with E-state index in [4.69, 9.17) is 10.00 Å². The summed E-state index contributed by atoms with van der Waals surface area (Å²) in [5, 5.41) is 14.1. The van der Waals surface area contributed by atoms with Crippen molar-refractivity contribution < 1.29 is 19.1 Å². The molecule has 2 N–H and O–H groups in total. The van der Waals surface area contributed by atoms with E-state index in [1.807, 2.05) is 6.07 Å². The maximum absolute atomic E-state index is 12.3. The number of nitrogens with zero attached hydrogens (tertiary/aromatic N) is 1. The third-order valence-electron chi connectivity index (χ3n) is 3.78. The quantitative estimate of drug-likeness (QED) is 0.789. The zero-order chi connectivity index (χ0) is 19.4. The lowest BCUT2D eigenvalue weighted by Gasteiger charge is -2.17. The normalized spacial score (nSPS) is 13.6. The summed E-state index contributed by atoms with van der Waals surface area (Å²) >= 11 is 1.39. The van der Waals surface area contributed by atoms with Gasteiger partial charge in [0.05, 0.1) is 28.6 Å². The highest BCUT2D eigenvalue weighted by atomic mass is 32.2. The molecule has 1 aliphatic rings. The van der Waals surface area contributed by atoms with Crippen LogP contribution in [-0.2, 0) is 14.3 Å². The minimum absolute atomic E-state index is 0.131. The van der Waals surface area contributed by atoms with Crippen molar-refractivity contribution in [2.24, 2.45) is 0 Å². The molecule has 0 fully saturated rings. The van der Waals surface area contributed by atoms with Crippen LogP contribution in [0, 0.1) is 11.3 Å². The fourth-order valence-corrected chi connectivity index (χ4v) is 3.15. The number of carbonyl (C=O) groups excluding carboxylic acids is 3. The number of nitriles is 1. The molecule has 0 bridgehead atoms. The number of amides is 2. The Kier molecular flexibility index (Phi) is 5.43. The van der Waals surface area contributed by atoms with Crippen LogP contribution in [0.3, 0.4) is 0 Å². The molecule has 136 valence electrons. The SMILES string of the molecule is C[C@H](OC(=O)c1ccc2c(c1)NC(=O)CS2)C(=O)Nc1ccc(C#N)cc1. The first-order valence-corrected chi connectivity index (χ1v) is 9.03. The number of fused-ring (bicyclic) bond motifs is 1. The van der Waals surface area contributed by atoms with E-state index in [9.17, 15) is 14.4 Å². The zero-order valence-corrected chi connectivity index (χ0v) is 15.1. The van der Waals surface area contributed by atoms with Crippen LogP contribution in [0.5, 0.6) is 0 Å². The van der Waals surface area contributed by atoms with E-state index in [1.54, 1.807) is 36.4 Å². The Balaban J connectivity index is 1.63. The smallest absolute Gasteiger partial charge is 0.338 e. The molecule has 1 aliphatic heterocycles. The van der Waals surface area contributed by atoms with Crippen molar-refractivity contribution in [1.29, 1.82) is 5.26 Å². The van der Waals surface area contributed by atoms with Crippen molar-refractivity contribution in [2.45, 2.75) is 17.9 Å². The molecule has 0 spiro atoms. The first-order valence-electron chi connectivity index (χ1n) is 8.05. The second-order valence-electron chi connectivity index (χ2n) is 5.77. The number of nitrogens with one attached hydrogen (secondary N) is 2. The maximum atomic E-state index is 12.3. The lowest BCUT2D eigenvalue weighted by atomic mass is 10.2. The summed E-state index contributed by atoms with van der Waals surface area (Å²) < 4.78 is 5.21. The van der Waals surface area contributed by atoms with Gasteiger partial charge in [-0.3, -0.25) is 9.59 Å². The fourth-order valence-electron chi connectivity index (χ4n) is 2.36. The van der Waals surface area contributed by atoms with Gasteiger partial charge in [-0.1, -0.05) is 0 Å². The van der Waals surface area contributed by atoms with E-state index in [-0.39, 0.29) is 11.5 Å². The summed E-state index contributed by atoms with van der Waals surface area (Å²) in [4.78, 5) is 36.8. The van der Waals surface area contributed by atoms with Crippen molar-refractivity contribution in [3.05, 3.63) is 53.6 Å². The highest BCUT2D eigenvalue weighted by molar-refractivity contribution is 8.00. The van der Waals surface area contributed by atoms with Crippen LogP contribution in [0.1, 0.15) is 22.8 Å². The Morgan fingerprint density at radius 2 is 2.00 bits per heavy atom. The Bertz CT molecular complexity index is 950. The predicted molar refractivity (Wildman–Crippen MR) is 100 cm³/mol. The minimum atomic E-state index is -1.02. The minimum Gasteiger partial charge on any atom is -0.449 e. The van der Waals surface area contributed by atoms with Gasteiger partial charge in [0.25, 0.3) is 5.91 Å². The number of anilines is 2. The van der Waals surface area contributed by atoms with Crippen molar-refractivity contribution >= 4 is 40.9 Å². The Morgan fingerprint density at radius 3 is 2.70 bits per heavy atom. The van der Waals surface area contributed by atoms with Crippen LogP contribution < -0.4 is 10.6 Å². The molecule has 0 aliphatic carbocycles. The number of carbonyl (C=O) groups is 3. The van der Waals surface area contributed by atoms with E-state index in [0.717, 1.165) is 4.90 Å². The van der Waals surface area contributed by atoms with Gasteiger partial charge in [0, 0.05) is 10.6 Å². The fraction of sp³-hybridized carbons (Fsp3) is 0.158. The summed E-state index contributed by atoms with van der Waals surface area (Å²) in [5.74, 6) is -0.947. The zero-order valence-electron chi connectivity index (χ0n) is 14.3. The van der Waals surface area contributed by atoms with Crippen LogP contribution >= 0.6 is 11.8 Å². The van der Waals surface area contributed by atoms with Crippen molar-refractivity contribution in [3.8, 4) is 6.07 Å². The predicted octanol–water partition coefficient (Wildman–Crippen LogP) is 2.79. The highest BCUT2D eigenvalue weighted by Crippen LogP contribution is 2.32. The topological polar surface area (TPSA) is 108 Å². The first kappa shape index (κ1) is 18.5. The molecule has 3 rings (SSSR count). The third kappa shape index (κ3) is 4.46. The van der Waals surface area contributed by atoms with Crippen molar-refractivity contribution in [2.75, 3.05) is 16.4 Å². The lowest BCUT2D eigenvalue weighted by molar-refractivity contribution is -0.123. The molecule has 0 unspecified atom stereocenters. The van der Waals surface area contributed by atoms with Gasteiger partial charge < -0.3 is 15.4 Å². The standard InChI is InChI=1S/C19H15N3O4S/c1-11(18(24)21-14-5-2-12(9-20)3-6-14)26-19(25)13-4-7-16-15(8-13)22-17(23)10-27-16/h2-8,11H,10H2,1H3,(H,21,24)(H,22,23)/t11-/m0/s1. The lowest BCUT2D eigenvalue weighted by Crippen LogP contribution is -2.30. The molecule has 0 aromatic heterocycles. The average molecular weight is 381 g/mol. The monoisotopic (exact) mass is 381 g/mol. The van der Waals surface area contributed by atoms with E-state index in [2.05, 4.69) is 10.6 Å². The summed E-state index contributed by atoms with van der Waals surface area (Å²) in [6.45, 7) is 1.47. The van der Waals surface area contributed by atoms with Gasteiger partial charge in [-0.25, -0.2) is 4.79 Å². The molecule has 2 amide bonds. The highest BCUT2D eigenvalue weighted by Gasteiger charge is 2.21. The number of esters is 1. The number of thioether (sulfide) groups is 1. The molecule has 0 saturated carbocycles.